The molecule has 6 heteroatoms. The fourth-order valence-electron chi connectivity index (χ4n) is 2.21. The molecule has 0 bridgehead atoms. The number of nitrogen functional groups attached to an aromatic ring is 1. The number of carbonyl (C=O) groups is 1. The van der Waals surface area contributed by atoms with Crippen LogP contribution < -0.4 is 11.1 Å². The van der Waals surface area contributed by atoms with Gasteiger partial charge in [0.05, 0.1) is 23.3 Å². The van der Waals surface area contributed by atoms with Crippen LogP contribution in [0.2, 0.25) is 0 Å². The first-order chi connectivity index (χ1) is 10.1. The maximum absolute atomic E-state index is 12.4. The molecule has 6 nitrogen and oxygen atoms in total. The predicted octanol–water partition coefficient (Wildman–Crippen LogP) is 1.48. The molecule has 3 rings (SSSR count). The van der Waals surface area contributed by atoms with E-state index in [1.54, 1.807) is 10.7 Å². The third-order valence-corrected chi connectivity index (χ3v) is 3.18. The number of rotatable bonds is 3. The molecule has 0 spiro atoms. The van der Waals surface area contributed by atoms with Gasteiger partial charge in [-0.1, -0.05) is 18.2 Å². The van der Waals surface area contributed by atoms with Crippen molar-refractivity contribution in [3.05, 3.63) is 53.9 Å². The van der Waals surface area contributed by atoms with Gasteiger partial charge < -0.3 is 11.1 Å². The van der Waals surface area contributed by atoms with Gasteiger partial charge in [-0.25, -0.2) is 4.98 Å². The maximum Gasteiger partial charge on any atom is 0.252 e. The summed E-state index contributed by atoms with van der Waals surface area (Å²) in [6.07, 6.45) is 1.83. The van der Waals surface area contributed by atoms with Gasteiger partial charge in [0, 0.05) is 18.6 Å². The van der Waals surface area contributed by atoms with Crippen molar-refractivity contribution in [3.8, 4) is 0 Å². The largest absolute Gasteiger partial charge is 0.384 e. The average Bonchev–Trinajstić information content (AvgIpc) is 2.89. The number of nitrogens with two attached hydrogens (primary N) is 1. The van der Waals surface area contributed by atoms with Crippen molar-refractivity contribution in [1.82, 2.24) is 20.1 Å². The van der Waals surface area contributed by atoms with Crippen molar-refractivity contribution >= 4 is 22.6 Å². The predicted molar refractivity (Wildman–Crippen MR) is 80.5 cm³/mol. The zero-order valence-electron chi connectivity index (χ0n) is 11.6. The monoisotopic (exact) mass is 281 g/mol. The van der Waals surface area contributed by atoms with Crippen LogP contribution in [-0.2, 0) is 13.6 Å². The first kappa shape index (κ1) is 13.1. The molecule has 0 radical (unpaired) electrons. The summed E-state index contributed by atoms with van der Waals surface area (Å²) < 4.78 is 1.70. The lowest BCUT2D eigenvalue weighted by Gasteiger charge is -2.08. The number of aryl methyl sites for hydroxylation is 1. The first-order valence-electron chi connectivity index (χ1n) is 6.55. The molecule has 0 aliphatic rings. The summed E-state index contributed by atoms with van der Waals surface area (Å²) in [6.45, 7) is 0.371. The number of anilines is 1. The Morgan fingerprint density at radius 2 is 2.14 bits per heavy atom. The molecule has 21 heavy (non-hydrogen) atoms. The average molecular weight is 281 g/mol. The van der Waals surface area contributed by atoms with E-state index in [0.717, 1.165) is 11.1 Å². The Morgan fingerprint density at radius 3 is 2.90 bits per heavy atom. The Hall–Kier alpha value is -2.89. The topological polar surface area (TPSA) is 85.8 Å². The number of para-hydroxylation sites is 1. The molecule has 0 aliphatic heterocycles. The van der Waals surface area contributed by atoms with E-state index in [1.165, 1.54) is 0 Å². The lowest BCUT2D eigenvalue weighted by molar-refractivity contribution is 0.0952. The Bertz CT molecular complexity index is 809. The lowest BCUT2D eigenvalue weighted by atomic mass is 10.1. The summed E-state index contributed by atoms with van der Waals surface area (Å²) in [5, 5.41) is 7.85. The normalized spacial score (nSPS) is 10.7. The molecule has 0 atom stereocenters. The van der Waals surface area contributed by atoms with Crippen molar-refractivity contribution in [3.63, 3.8) is 0 Å². The molecule has 0 saturated carbocycles. The summed E-state index contributed by atoms with van der Waals surface area (Å²) in [6, 6.07) is 10.9. The number of hydrogen-bond acceptors (Lipinski definition) is 4. The quantitative estimate of drug-likeness (QED) is 0.761. The van der Waals surface area contributed by atoms with Gasteiger partial charge in [0.2, 0.25) is 0 Å². The minimum atomic E-state index is -0.189. The number of hydrogen-bond donors (Lipinski definition) is 2. The SMILES string of the molecule is Cn1ccc(CNC(=O)c2cc(N)nc3ccccc23)n1. The van der Waals surface area contributed by atoms with Crippen molar-refractivity contribution in [2.45, 2.75) is 6.54 Å². The summed E-state index contributed by atoms with van der Waals surface area (Å²) in [5.41, 5.74) is 7.80. The molecular weight excluding hydrogens is 266 g/mol. The van der Waals surface area contributed by atoms with Crippen molar-refractivity contribution in [2.75, 3.05) is 5.73 Å². The summed E-state index contributed by atoms with van der Waals surface area (Å²) >= 11 is 0. The first-order valence-corrected chi connectivity index (χ1v) is 6.55. The van der Waals surface area contributed by atoms with Crippen molar-refractivity contribution in [2.24, 2.45) is 7.05 Å². The van der Waals surface area contributed by atoms with Crippen molar-refractivity contribution in [1.29, 1.82) is 0 Å². The highest BCUT2D eigenvalue weighted by Crippen LogP contribution is 2.19. The Balaban J connectivity index is 1.87. The number of fused-ring (bicyclic) bond motifs is 1. The molecule has 0 unspecified atom stereocenters. The smallest absolute Gasteiger partial charge is 0.252 e. The molecule has 2 heterocycles. The molecule has 1 aromatic carbocycles. The molecule has 0 aliphatic carbocycles. The van der Waals surface area contributed by atoms with Crippen LogP contribution in [0.5, 0.6) is 0 Å². The summed E-state index contributed by atoms with van der Waals surface area (Å²) in [5.74, 6) is 0.141. The van der Waals surface area contributed by atoms with Crippen LogP contribution in [0.15, 0.2) is 42.6 Å². The van der Waals surface area contributed by atoms with E-state index in [2.05, 4.69) is 15.4 Å². The third kappa shape index (κ3) is 2.69. The van der Waals surface area contributed by atoms with E-state index in [4.69, 9.17) is 5.73 Å². The van der Waals surface area contributed by atoms with Crippen molar-refractivity contribution < 1.29 is 4.79 Å². The van der Waals surface area contributed by atoms with Gasteiger partial charge in [-0.15, -0.1) is 0 Å². The molecule has 0 fully saturated rings. The van der Waals surface area contributed by atoms with Crippen LogP contribution >= 0.6 is 0 Å². The van der Waals surface area contributed by atoms with Crippen LogP contribution in [0.3, 0.4) is 0 Å². The minimum Gasteiger partial charge on any atom is -0.384 e. The van der Waals surface area contributed by atoms with Crippen LogP contribution in [-0.4, -0.2) is 20.7 Å². The standard InChI is InChI=1S/C15H15N5O/c1-20-7-6-10(19-20)9-17-15(21)12-8-14(16)18-13-5-3-2-4-11(12)13/h2-8H,9H2,1H3,(H2,16,18)(H,17,21). The summed E-state index contributed by atoms with van der Waals surface area (Å²) in [4.78, 5) is 16.6. The van der Waals surface area contributed by atoms with E-state index >= 15 is 0 Å². The second-order valence-corrected chi connectivity index (χ2v) is 4.78. The van der Waals surface area contributed by atoms with Crippen LogP contribution in [0, 0.1) is 0 Å². The van der Waals surface area contributed by atoms with Gasteiger partial charge in [0.15, 0.2) is 0 Å². The minimum absolute atomic E-state index is 0.189. The second-order valence-electron chi connectivity index (χ2n) is 4.78. The van der Waals surface area contributed by atoms with Gasteiger partial charge in [0.1, 0.15) is 5.82 Å². The molecule has 1 amide bonds. The molecule has 106 valence electrons. The fourth-order valence-corrected chi connectivity index (χ4v) is 2.21. The summed E-state index contributed by atoms with van der Waals surface area (Å²) in [7, 11) is 1.84. The fraction of sp³-hybridized carbons (Fsp3) is 0.133. The Labute approximate surface area is 121 Å². The highest BCUT2D eigenvalue weighted by atomic mass is 16.1. The number of nitrogens with zero attached hydrogens (tertiary/aromatic N) is 3. The molecule has 3 N–H and O–H groups in total. The number of benzene rings is 1. The van der Waals surface area contributed by atoms with E-state index in [-0.39, 0.29) is 5.91 Å². The van der Waals surface area contributed by atoms with E-state index in [1.807, 2.05) is 43.6 Å². The van der Waals surface area contributed by atoms with Gasteiger partial charge in [-0.2, -0.15) is 5.10 Å². The Morgan fingerprint density at radius 1 is 1.33 bits per heavy atom. The second kappa shape index (κ2) is 5.24. The third-order valence-electron chi connectivity index (χ3n) is 3.18. The maximum atomic E-state index is 12.4. The van der Waals surface area contributed by atoms with Gasteiger partial charge in [0.25, 0.3) is 5.91 Å². The molecule has 0 saturated heterocycles. The number of pyridine rings is 1. The Kier molecular flexibility index (Phi) is 3.27. The molecule has 3 aromatic rings. The highest BCUT2D eigenvalue weighted by Gasteiger charge is 2.12. The van der Waals surface area contributed by atoms with Gasteiger partial charge >= 0.3 is 0 Å². The highest BCUT2D eigenvalue weighted by molar-refractivity contribution is 6.06. The van der Waals surface area contributed by atoms with Crippen LogP contribution in [0.1, 0.15) is 16.1 Å². The molecule has 2 aromatic heterocycles. The zero-order chi connectivity index (χ0) is 14.8. The van der Waals surface area contributed by atoms with Crippen LogP contribution in [0.4, 0.5) is 5.82 Å². The zero-order valence-corrected chi connectivity index (χ0v) is 11.6. The van der Waals surface area contributed by atoms with E-state index < -0.39 is 0 Å². The number of amides is 1. The number of aromatic nitrogens is 3. The van der Waals surface area contributed by atoms with E-state index in [9.17, 15) is 4.79 Å². The number of nitrogens with one attached hydrogen (secondary N) is 1. The van der Waals surface area contributed by atoms with Gasteiger partial charge in [-0.3, -0.25) is 9.48 Å². The van der Waals surface area contributed by atoms with E-state index in [0.29, 0.717) is 23.4 Å². The lowest BCUT2D eigenvalue weighted by Crippen LogP contribution is -2.23. The molecular formula is C15H15N5O. The van der Waals surface area contributed by atoms with Crippen LogP contribution in [0.25, 0.3) is 10.9 Å². The van der Waals surface area contributed by atoms with Gasteiger partial charge in [-0.05, 0) is 18.2 Å². The number of carbonyl (C=O) groups excluding carboxylic acids is 1.